The molecule has 27 heavy (non-hydrogen) atoms. The van der Waals surface area contributed by atoms with Gasteiger partial charge in [-0.05, 0) is 53.6 Å². The van der Waals surface area contributed by atoms with Gasteiger partial charge in [0.2, 0.25) is 0 Å². The van der Waals surface area contributed by atoms with Gasteiger partial charge in [0.15, 0.2) is 16.9 Å². The van der Waals surface area contributed by atoms with Crippen molar-refractivity contribution < 1.29 is 19.7 Å². The molecule has 4 rings (SSSR count). The quantitative estimate of drug-likeness (QED) is 0.318. The molecule has 4 aromatic rings. The van der Waals surface area contributed by atoms with Gasteiger partial charge in [0.05, 0.1) is 0 Å². The molecule has 0 aliphatic rings. The number of nitrogen functional groups attached to an aromatic ring is 1. The van der Waals surface area contributed by atoms with E-state index >= 15 is 0 Å². The second kappa shape index (κ2) is 6.10. The fraction of sp³-hybridized carbons (Fsp3) is 0. The van der Waals surface area contributed by atoms with E-state index in [1.54, 1.807) is 24.3 Å². The first-order valence-electron chi connectivity index (χ1n) is 8.11. The van der Waals surface area contributed by atoms with Crippen LogP contribution in [0.3, 0.4) is 0 Å². The van der Waals surface area contributed by atoms with Crippen LogP contribution in [0.15, 0.2) is 69.9 Å². The van der Waals surface area contributed by atoms with Gasteiger partial charge in [-0.15, -0.1) is 0 Å². The Labute approximate surface area is 153 Å². The van der Waals surface area contributed by atoms with Crippen molar-refractivity contribution in [2.75, 3.05) is 5.73 Å². The molecule has 1 heterocycles. The SMILES string of the molecule is Nc1cccc(-c2cc(O)c3c(=O)cc(-c4ccc(O)c(O)c4)oc3c2)c1. The van der Waals surface area contributed by atoms with Gasteiger partial charge in [0.1, 0.15) is 22.5 Å². The average Bonchev–Trinajstić information content (AvgIpc) is 2.63. The number of benzene rings is 3. The number of aromatic hydroxyl groups is 3. The number of hydrogen-bond acceptors (Lipinski definition) is 6. The largest absolute Gasteiger partial charge is 0.507 e. The van der Waals surface area contributed by atoms with Crippen molar-refractivity contribution in [2.45, 2.75) is 0 Å². The Kier molecular flexibility index (Phi) is 3.74. The molecule has 0 aliphatic carbocycles. The van der Waals surface area contributed by atoms with E-state index in [2.05, 4.69) is 0 Å². The van der Waals surface area contributed by atoms with Gasteiger partial charge < -0.3 is 25.5 Å². The Morgan fingerprint density at radius 2 is 1.52 bits per heavy atom. The summed E-state index contributed by atoms with van der Waals surface area (Å²) in [6.07, 6.45) is 0. The topological polar surface area (TPSA) is 117 Å². The lowest BCUT2D eigenvalue weighted by Gasteiger charge is -2.09. The fourth-order valence-corrected chi connectivity index (χ4v) is 2.97. The number of nitrogens with two attached hydrogens (primary N) is 1. The molecule has 134 valence electrons. The van der Waals surface area contributed by atoms with Crippen LogP contribution in [0.2, 0.25) is 0 Å². The van der Waals surface area contributed by atoms with Crippen LogP contribution in [-0.4, -0.2) is 15.3 Å². The summed E-state index contributed by atoms with van der Waals surface area (Å²) in [5, 5.41) is 29.5. The Hall–Kier alpha value is -3.93. The van der Waals surface area contributed by atoms with Crippen molar-refractivity contribution in [3.8, 4) is 39.7 Å². The summed E-state index contributed by atoms with van der Waals surface area (Å²) in [7, 11) is 0. The van der Waals surface area contributed by atoms with Crippen LogP contribution in [0.5, 0.6) is 17.2 Å². The zero-order valence-corrected chi connectivity index (χ0v) is 14.0. The zero-order valence-electron chi connectivity index (χ0n) is 14.0. The van der Waals surface area contributed by atoms with Gasteiger partial charge >= 0.3 is 0 Å². The molecule has 0 saturated carbocycles. The number of hydrogen-bond donors (Lipinski definition) is 4. The lowest BCUT2D eigenvalue weighted by molar-refractivity contribution is 0.404. The Balaban J connectivity index is 1.94. The second-order valence-corrected chi connectivity index (χ2v) is 6.17. The highest BCUT2D eigenvalue weighted by molar-refractivity contribution is 5.89. The number of anilines is 1. The third-order valence-electron chi connectivity index (χ3n) is 4.29. The van der Waals surface area contributed by atoms with Gasteiger partial charge in [-0.3, -0.25) is 4.79 Å². The van der Waals surface area contributed by atoms with E-state index in [0.717, 1.165) is 5.56 Å². The highest BCUT2D eigenvalue weighted by Crippen LogP contribution is 2.34. The van der Waals surface area contributed by atoms with Crippen molar-refractivity contribution in [3.63, 3.8) is 0 Å². The van der Waals surface area contributed by atoms with Crippen LogP contribution in [0.25, 0.3) is 33.4 Å². The van der Waals surface area contributed by atoms with Crippen LogP contribution >= 0.6 is 0 Å². The van der Waals surface area contributed by atoms with E-state index in [0.29, 0.717) is 16.8 Å². The van der Waals surface area contributed by atoms with Crippen LogP contribution in [-0.2, 0) is 0 Å². The number of phenolic OH excluding ortho intramolecular Hbond substituents is 3. The van der Waals surface area contributed by atoms with Crippen molar-refractivity contribution >= 4 is 16.7 Å². The summed E-state index contributed by atoms with van der Waals surface area (Å²) in [5.74, 6) is -0.596. The summed E-state index contributed by atoms with van der Waals surface area (Å²) in [5.41, 5.74) is 7.99. The number of fused-ring (bicyclic) bond motifs is 1. The third-order valence-corrected chi connectivity index (χ3v) is 4.29. The second-order valence-electron chi connectivity index (χ2n) is 6.17. The minimum atomic E-state index is -0.421. The molecule has 0 bridgehead atoms. The summed E-state index contributed by atoms with van der Waals surface area (Å²) in [6.45, 7) is 0. The molecule has 0 unspecified atom stereocenters. The highest BCUT2D eigenvalue weighted by Gasteiger charge is 2.14. The standard InChI is InChI=1S/C21H15NO5/c22-14-3-1-2-11(6-14)13-8-17(25)21-18(26)10-19(27-20(21)9-13)12-4-5-15(23)16(24)7-12/h1-10,23-25H,22H2. The molecule has 6 nitrogen and oxygen atoms in total. The average molecular weight is 361 g/mol. The molecule has 0 fully saturated rings. The molecule has 1 aromatic heterocycles. The minimum absolute atomic E-state index is 0.0643. The van der Waals surface area contributed by atoms with Crippen molar-refractivity contribution in [1.82, 2.24) is 0 Å². The summed E-state index contributed by atoms with van der Waals surface area (Å²) >= 11 is 0. The maximum absolute atomic E-state index is 12.5. The van der Waals surface area contributed by atoms with Crippen molar-refractivity contribution in [1.29, 1.82) is 0 Å². The van der Waals surface area contributed by atoms with Gasteiger partial charge in [-0.2, -0.15) is 0 Å². The maximum atomic E-state index is 12.5. The Morgan fingerprint density at radius 3 is 2.26 bits per heavy atom. The van der Waals surface area contributed by atoms with Gasteiger partial charge in [-0.25, -0.2) is 0 Å². The van der Waals surface area contributed by atoms with E-state index in [1.807, 2.05) is 6.07 Å². The molecule has 6 heteroatoms. The summed E-state index contributed by atoms with van der Waals surface area (Å²) in [4.78, 5) is 12.5. The van der Waals surface area contributed by atoms with Gasteiger partial charge in [0.25, 0.3) is 0 Å². The number of phenols is 3. The van der Waals surface area contributed by atoms with Gasteiger partial charge in [-0.1, -0.05) is 12.1 Å². The van der Waals surface area contributed by atoms with E-state index in [-0.39, 0.29) is 34.0 Å². The lowest BCUT2D eigenvalue weighted by Crippen LogP contribution is -2.01. The molecule has 3 aromatic carbocycles. The minimum Gasteiger partial charge on any atom is -0.507 e. The Morgan fingerprint density at radius 1 is 0.741 bits per heavy atom. The van der Waals surface area contributed by atoms with Crippen molar-refractivity contribution in [3.05, 3.63) is 70.9 Å². The normalized spacial score (nSPS) is 11.0. The van der Waals surface area contributed by atoms with E-state index in [4.69, 9.17) is 10.2 Å². The van der Waals surface area contributed by atoms with E-state index in [1.165, 1.54) is 30.3 Å². The number of rotatable bonds is 2. The molecule has 0 radical (unpaired) electrons. The van der Waals surface area contributed by atoms with Crippen molar-refractivity contribution in [2.24, 2.45) is 0 Å². The molecular weight excluding hydrogens is 346 g/mol. The predicted octanol–water partition coefficient (Wildman–Crippen LogP) is 3.83. The van der Waals surface area contributed by atoms with Crippen LogP contribution in [0.4, 0.5) is 5.69 Å². The molecule has 0 atom stereocenters. The van der Waals surface area contributed by atoms with E-state index in [9.17, 15) is 20.1 Å². The third kappa shape index (κ3) is 2.93. The molecule has 0 amide bonds. The van der Waals surface area contributed by atoms with Gasteiger partial charge in [0, 0.05) is 17.3 Å². The molecular formula is C21H15NO5. The molecule has 0 spiro atoms. The zero-order chi connectivity index (χ0) is 19.1. The molecule has 0 aliphatic heterocycles. The summed E-state index contributed by atoms with van der Waals surface area (Å²) < 4.78 is 5.81. The molecule has 0 saturated heterocycles. The Bertz CT molecular complexity index is 1240. The predicted molar refractivity (Wildman–Crippen MR) is 103 cm³/mol. The first-order chi connectivity index (χ1) is 12.9. The van der Waals surface area contributed by atoms with Crippen LogP contribution < -0.4 is 11.2 Å². The van der Waals surface area contributed by atoms with Crippen LogP contribution in [0.1, 0.15) is 0 Å². The maximum Gasteiger partial charge on any atom is 0.197 e. The van der Waals surface area contributed by atoms with E-state index < -0.39 is 5.43 Å². The first-order valence-corrected chi connectivity index (χ1v) is 8.11. The fourth-order valence-electron chi connectivity index (χ4n) is 2.97. The smallest absolute Gasteiger partial charge is 0.197 e. The monoisotopic (exact) mass is 361 g/mol. The molecule has 5 N–H and O–H groups in total. The lowest BCUT2D eigenvalue weighted by atomic mass is 10.0. The van der Waals surface area contributed by atoms with Crippen LogP contribution in [0, 0.1) is 0 Å². The highest BCUT2D eigenvalue weighted by atomic mass is 16.3. The first kappa shape index (κ1) is 16.5. The summed E-state index contributed by atoms with van der Waals surface area (Å²) in [6, 6.07) is 15.6.